The molecule has 2 unspecified atom stereocenters. The largest absolute Gasteiger partial charge is 0.491 e. The van der Waals surface area contributed by atoms with Crippen molar-refractivity contribution in [1.82, 2.24) is 15.1 Å². The average Bonchev–Trinajstić information content (AvgIpc) is 3.23. The molecule has 3 aliphatic heterocycles. The summed E-state index contributed by atoms with van der Waals surface area (Å²) < 4.78 is 12.0. The highest BCUT2D eigenvalue weighted by atomic mass is 35.5. The van der Waals surface area contributed by atoms with Crippen LogP contribution >= 0.6 is 11.6 Å². The van der Waals surface area contributed by atoms with Gasteiger partial charge in [0.25, 0.3) is 11.8 Å². The van der Waals surface area contributed by atoms with Crippen molar-refractivity contribution in [3.05, 3.63) is 58.6 Å². The summed E-state index contributed by atoms with van der Waals surface area (Å²) in [5, 5.41) is 2.77. The summed E-state index contributed by atoms with van der Waals surface area (Å²) in [4.78, 5) is 53.3. The maximum absolute atomic E-state index is 13.3. The van der Waals surface area contributed by atoms with Gasteiger partial charge in [-0.2, -0.15) is 0 Å². The zero-order valence-corrected chi connectivity index (χ0v) is 21.9. The minimum absolute atomic E-state index is 0.108. The number of halogens is 1. The number of ether oxygens (including phenoxy) is 2. The van der Waals surface area contributed by atoms with Crippen LogP contribution in [-0.2, 0) is 20.9 Å². The van der Waals surface area contributed by atoms with Crippen molar-refractivity contribution in [2.24, 2.45) is 0 Å². The molecule has 0 saturated carbocycles. The topological polar surface area (TPSA) is 105 Å². The highest BCUT2D eigenvalue weighted by Gasteiger charge is 2.39. The summed E-state index contributed by atoms with van der Waals surface area (Å²) in [5.74, 6) is -0.0195. The van der Waals surface area contributed by atoms with E-state index < -0.39 is 18.1 Å². The van der Waals surface area contributed by atoms with Gasteiger partial charge in [0.15, 0.2) is 6.10 Å². The predicted molar refractivity (Wildman–Crippen MR) is 139 cm³/mol. The Morgan fingerprint density at radius 2 is 1.95 bits per heavy atom. The molecule has 0 aromatic heterocycles. The summed E-state index contributed by atoms with van der Waals surface area (Å²) in [6, 6.07) is 11.6. The van der Waals surface area contributed by atoms with Gasteiger partial charge in [0.1, 0.15) is 24.1 Å². The Balaban J connectivity index is 1.22. The van der Waals surface area contributed by atoms with Crippen LogP contribution in [-0.4, -0.2) is 64.8 Å². The molecule has 4 amide bonds. The quantitative estimate of drug-likeness (QED) is 0.541. The molecule has 0 spiro atoms. The third-order valence-electron chi connectivity index (χ3n) is 7.34. The second kappa shape index (κ2) is 11.0. The van der Waals surface area contributed by atoms with E-state index in [9.17, 15) is 19.2 Å². The van der Waals surface area contributed by atoms with Gasteiger partial charge in [0.2, 0.25) is 11.8 Å². The Kier molecular flexibility index (Phi) is 7.56. The second-order valence-electron chi connectivity index (χ2n) is 9.90. The van der Waals surface area contributed by atoms with Crippen molar-refractivity contribution in [3.8, 4) is 11.5 Å². The summed E-state index contributed by atoms with van der Waals surface area (Å²) in [7, 11) is 0. The Morgan fingerprint density at radius 1 is 1.13 bits per heavy atom. The van der Waals surface area contributed by atoms with Crippen LogP contribution in [0.2, 0.25) is 5.02 Å². The molecule has 3 atom stereocenters. The third-order valence-corrected chi connectivity index (χ3v) is 7.65. The van der Waals surface area contributed by atoms with Crippen molar-refractivity contribution in [2.75, 3.05) is 13.2 Å². The Hall–Kier alpha value is -3.59. The number of para-hydroxylation sites is 1. The van der Waals surface area contributed by atoms with Crippen molar-refractivity contribution < 1.29 is 28.7 Å². The number of nitrogens with zero attached hydrogens (tertiary/aromatic N) is 2. The monoisotopic (exact) mass is 539 g/mol. The van der Waals surface area contributed by atoms with E-state index in [0.717, 1.165) is 24.8 Å². The highest BCUT2D eigenvalue weighted by Crippen LogP contribution is 2.31. The second-order valence-corrected chi connectivity index (χ2v) is 10.3. The number of rotatable bonds is 7. The number of likely N-dealkylation sites (tertiary alicyclic amines) is 1. The lowest BCUT2D eigenvalue weighted by Crippen LogP contribution is -2.52. The molecule has 10 heteroatoms. The van der Waals surface area contributed by atoms with Gasteiger partial charge in [-0.3, -0.25) is 24.5 Å². The third kappa shape index (κ3) is 5.34. The fourth-order valence-electron chi connectivity index (χ4n) is 5.31. The summed E-state index contributed by atoms with van der Waals surface area (Å²) >= 11 is 6.19. The Bertz CT molecular complexity index is 1270. The summed E-state index contributed by atoms with van der Waals surface area (Å²) in [6.45, 7) is 2.95. The molecular formula is C28H30ClN3O6. The number of piperidine rings is 2. The minimum atomic E-state index is -0.695. The van der Waals surface area contributed by atoms with E-state index in [0.29, 0.717) is 41.7 Å². The van der Waals surface area contributed by atoms with Crippen molar-refractivity contribution >= 4 is 35.2 Å². The fourth-order valence-corrected chi connectivity index (χ4v) is 5.49. The van der Waals surface area contributed by atoms with Gasteiger partial charge in [0, 0.05) is 25.1 Å². The number of nitrogens with one attached hydrogen (secondary N) is 1. The number of carbonyl (C=O) groups is 4. The van der Waals surface area contributed by atoms with Crippen molar-refractivity contribution in [2.45, 2.75) is 63.8 Å². The van der Waals surface area contributed by atoms with Gasteiger partial charge in [-0.05, 0) is 68.5 Å². The Morgan fingerprint density at radius 3 is 2.74 bits per heavy atom. The lowest BCUT2D eigenvalue weighted by Gasteiger charge is -2.37. The standard InChI is InChI=1S/C28H30ClN3O6/c1-17(38-24-8-3-2-7-22(24)29)27(35)31-13-5-4-6-19(31)16-37-20-9-10-21-18(14-20)15-32(28(21)36)23-11-12-25(33)30-26(23)34/h2-3,7-10,14,17,19,23H,4-6,11-13,15-16H2,1H3,(H,30,33,34)/t17?,19-,23?/m1/s1. The van der Waals surface area contributed by atoms with E-state index in [4.69, 9.17) is 21.1 Å². The molecule has 2 fully saturated rings. The van der Waals surface area contributed by atoms with Crippen LogP contribution in [0, 0.1) is 0 Å². The van der Waals surface area contributed by atoms with Crippen molar-refractivity contribution in [1.29, 1.82) is 0 Å². The first-order valence-corrected chi connectivity index (χ1v) is 13.3. The molecule has 2 saturated heterocycles. The molecule has 0 radical (unpaired) electrons. The molecule has 5 rings (SSSR count). The number of imide groups is 1. The molecule has 3 heterocycles. The van der Waals surface area contributed by atoms with Gasteiger partial charge >= 0.3 is 0 Å². The van der Waals surface area contributed by atoms with E-state index in [1.807, 2.05) is 17.0 Å². The zero-order valence-electron chi connectivity index (χ0n) is 21.2. The van der Waals surface area contributed by atoms with Crippen LogP contribution in [0.4, 0.5) is 0 Å². The lowest BCUT2D eigenvalue weighted by atomic mass is 10.0. The van der Waals surface area contributed by atoms with Crippen molar-refractivity contribution in [3.63, 3.8) is 0 Å². The highest BCUT2D eigenvalue weighted by molar-refractivity contribution is 6.32. The summed E-state index contributed by atoms with van der Waals surface area (Å²) in [6.07, 6.45) is 2.56. The van der Waals surface area contributed by atoms with E-state index in [2.05, 4.69) is 5.32 Å². The van der Waals surface area contributed by atoms with E-state index in [1.165, 1.54) is 4.90 Å². The molecular weight excluding hydrogens is 510 g/mol. The van der Waals surface area contributed by atoms with Crippen LogP contribution in [0.3, 0.4) is 0 Å². The maximum Gasteiger partial charge on any atom is 0.263 e. The first kappa shape index (κ1) is 26.0. The first-order valence-electron chi connectivity index (χ1n) is 12.9. The number of benzene rings is 2. The van der Waals surface area contributed by atoms with Crippen LogP contribution in [0.1, 0.15) is 54.9 Å². The Labute approximate surface area is 226 Å². The van der Waals surface area contributed by atoms with Crippen LogP contribution < -0.4 is 14.8 Å². The SMILES string of the molecule is CC(Oc1ccccc1Cl)C(=O)N1CCCC[C@@H]1COc1ccc2c(c1)CN(C1CCC(=O)NC1=O)C2=O. The average molecular weight is 540 g/mol. The maximum atomic E-state index is 13.3. The number of fused-ring (bicyclic) bond motifs is 1. The van der Waals surface area contributed by atoms with Gasteiger partial charge in [0.05, 0.1) is 11.1 Å². The minimum Gasteiger partial charge on any atom is -0.491 e. The van der Waals surface area contributed by atoms with E-state index in [-0.39, 0.29) is 36.7 Å². The number of carbonyl (C=O) groups excluding carboxylic acids is 4. The van der Waals surface area contributed by atoms with Crippen LogP contribution in [0.15, 0.2) is 42.5 Å². The molecule has 2 aromatic rings. The molecule has 1 N–H and O–H groups in total. The number of hydrogen-bond acceptors (Lipinski definition) is 6. The van der Waals surface area contributed by atoms with Gasteiger partial charge in [-0.25, -0.2) is 0 Å². The molecule has 200 valence electrons. The molecule has 0 bridgehead atoms. The predicted octanol–water partition coefficient (Wildman–Crippen LogP) is 3.33. The molecule has 2 aromatic carbocycles. The van der Waals surface area contributed by atoms with Gasteiger partial charge in [-0.1, -0.05) is 23.7 Å². The zero-order chi connectivity index (χ0) is 26.8. The fraction of sp³-hybridized carbons (Fsp3) is 0.429. The lowest BCUT2D eigenvalue weighted by molar-refractivity contribution is -0.142. The molecule has 0 aliphatic carbocycles. The normalized spacial score (nSPS) is 22.1. The van der Waals surface area contributed by atoms with Gasteiger partial charge in [-0.15, -0.1) is 0 Å². The molecule has 3 aliphatic rings. The number of hydrogen-bond donors (Lipinski definition) is 1. The van der Waals surface area contributed by atoms with E-state index in [1.54, 1.807) is 37.3 Å². The van der Waals surface area contributed by atoms with E-state index >= 15 is 0 Å². The molecule has 9 nitrogen and oxygen atoms in total. The number of amides is 4. The first-order chi connectivity index (χ1) is 18.3. The summed E-state index contributed by atoms with van der Waals surface area (Å²) in [5.41, 5.74) is 1.30. The molecule has 38 heavy (non-hydrogen) atoms. The van der Waals surface area contributed by atoms with Gasteiger partial charge < -0.3 is 19.3 Å². The smallest absolute Gasteiger partial charge is 0.263 e. The van der Waals surface area contributed by atoms with Crippen LogP contribution in [0.25, 0.3) is 0 Å². The van der Waals surface area contributed by atoms with Crippen LogP contribution in [0.5, 0.6) is 11.5 Å².